The molecule has 0 saturated heterocycles. The summed E-state index contributed by atoms with van der Waals surface area (Å²) in [6.45, 7) is 9.32. The second kappa shape index (κ2) is 4.10. The summed E-state index contributed by atoms with van der Waals surface area (Å²) < 4.78 is 0. The Morgan fingerprint density at radius 1 is 1.00 bits per heavy atom. The number of hydrogen-bond acceptors (Lipinski definition) is 0. The maximum absolute atomic E-state index is 2.35. The summed E-state index contributed by atoms with van der Waals surface area (Å²) >= 11 is 2.35. The van der Waals surface area contributed by atoms with Gasteiger partial charge in [-0.25, -0.2) is 0 Å². The Hall–Kier alpha value is 1.22. The molecule has 0 aliphatic heterocycles. The predicted octanol–water partition coefficient (Wildman–Crippen LogP) is 2.10. The van der Waals surface area contributed by atoms with Gasteiger partial charge in [-0.3, -0.25) is 0 Å². The predicted molar refractivity (Wildman–Crippen MR) is 44.3 cm³/mol. The molecule has 50 valence electrons. The van der Waals surface area contributed by atoms with E-state index in [1.165, 1.54) is 0 Å². The molecule has 0 atom stereocenters. The standard InChI is InChI=1S/C6H15PTe/c1-5(2)7(8)6(3)4/h5-7H,1-4H3. The molecule has 0 fully saturated rings. The van der Waals surface area contributed by atoms with Gasteiger partial charge in [-0.05, 0) is 0 Å². The van der Waals surface area contributed by atoms with E-state index in [9.17, 15) is 0 Å². The fourth-order valence-electron chi connectivity index (χ4n) is 0.667. The van der Waals surface area contributed by atoms with Crippen LogP contribution in [-0.4, -0.2) is 32.6 Å². The zero-order valence-electron chi connectivity index (χ0n) is 6.06. The van der Waals surface area contributed by atoms with Crippen molar-refractivity contribution >= 4 is 26.4 Å². The van der Waals surface area contributed by atoms with Crippen LogP contribution < -0.4 is 0 Å². The van der Waals surface area contributed by atoms with Gasteiger partial charge >= 0.3 is 65.4 Å². The van der Waals surface area contributed by atoms with E-state index in [0.717, 1.165) is 11.3 Å². The van der Waals surface area contributed by atoms with Gasteiger partial charge in [0.25, 0.3) is 0 Å². The third kappa shape index (κ3) is 3.29. The molecule has 0 amide bonds. The normalized spacial score (nSPS) is 11.9. The van der Waals surface area contributed by atoms with E-state index in [1.807, 2.05) is 0 Å². The molecule has 0 aromatic heterocycles. The molecular formula is C6H15PTe. The summed E-state index contributed by atoms with van der Waals surface area (Å²) in [6, 6.07) is 0. The van der Waals surface area contributed by atoms with Crippen molar-refractivity contribution in [2.45, 2.75) is 39.0 Å². The Labute approximate surface area is 65.5 Å². The topological polar surface area (TPSA) is 0 Å². The van der Waals surface area contributed by atoms with Crippen LogP contribution in [0.15, 0.2) is 0 Å². The van der Waals surface area contributed by atoms with Gasteiger partial charge in [0.2, 0.25) is 0 Å². The van der Waals surface area contributed by atoms with Crippen LogP contribution in [0.5, 0.6) is 0 Å². The Kier molecular flexibility index (Phi) is 4.73. The van der Waals surface area contributed by atoms with Crippen LogP contribution in [0.3, 0.4) is 0 Å². The third-order valence-corrected chi connectivity index (χ3v) is 11.5. The number of hydrogen-bond donors (Lipinski definition) is 0. The van der Waals surface area contributed by atoms with Crippen molar-refractivity contribution in [3.8, 4) is 0 Å². The zero-order chi connectivity index (χ0) is 6.73. The molecule has 0 aliphatic carbocycles. The first kappa shape index (κ1) is 9.22. The summed E-state index contributed by atoms with van der Waals surface area (Å²) in [5.74, 6) is 0. The Bertz CT molecular complexity index is 76.5. The molecule has 0 aromatic carbocycles. The average Bonchev–Trinajstić information content (AvgIpc) is 1.64. The molecule has 0 N–H and O–H groups in total. The second-order valence-corrected chi connectivity index (χ2v) is 9.86. The van der Waals surface area contributed by atoms with E-state index in [-0.39, 0.29) is 5.15 Å². The van der Waals surface area contributed by atoms with Crippen molar-refractivity contribution in [3.05, 3.63) is 0 Å². The molecule has 0 saturated carbocycles. The minimum atomic E-state index is -0.0137. The Morgan fingerprint density at radius 2 is 1.25 bits per heavy atom. The van der Waals surface area contributed by atoms with Crippen LogP contribution in [0.4, 0.5) is 0 Å². The van der Waals surface area contributed by atoms with Gasteiger partial charge in [-0.15, -0.1) is 0 Å². The van der Waals surface area contributed by atoms with Gasteiger partial charge < -0.3 is 0 Å². The zero-order valence-corrected chi connectivity index (χ0v) is 9.39. The average molecular weight is 246 g/mol. The minimum absolute atomic E-state index is 0.0137. The molecular weight excluding hydrogens is 231 g/mol. The van der Waals surface area contributed by atoms with E-state index in [2.05, 4.69) is 48.9 Å². The SMILES string of the molecule is CC(C)[PH](=[Te])C(C)C. The first-order valence-corrected chi connectivity index (χ1v) is 8.15. The molecule has 0 bridgehead atoms. The first-order chi connectivity index (χ1) is 3.55. The molecule has 0 spiro atoms. The van der Waals surface area contributed by atoms with E-state index in [0.29, 0.717) is 0 Å². The van der Waals surface area contributed by atoms with Crippen molar-refractivity contribution < 1.29 is 0 Å². The molecule has 2 heteroatoms. The second-order valence-electron chi connectivity index (χ2n) is 2.71. The van der Waals surface area contributed by atoms with Gasteiger partial charge in [-0.1, -0.05) is 0 Å². The summed E-state index contributed by atoms with van der Waals surface area (Å²) in [4.78, 5) is 0. The van der Waals surface area contributed by atoms with Gasteiger partial charge in [-0.2, -0.15) is 0 Å². The fraction of sp³-hybridized carbons (Fsp3) is 1.00. The summed E-state index contributed by atoms with van der Waals surface area (Å²) in [7, 11) is 0. The molecule has 0 rings (SSSR count). The molecule has 0 aliphatic rings. The van der Waals surface area contributed by atoms with Gasteiger partial charge in [0.15, 0.2) is 0 Å². The van der Waals surface area contributed by atoms with Gasteiger partial charge in [0.1, 0.15) is 0 Å². The van der Waals surface area contributed by atoms with Crippen LogP contribution in [0.2, 0.25) is 0 Å². The molecule has 0 radical (unpaired) electrons. The molecule has 0 aromatic rings. The van der Waals surface area contributed by atoms with E-state index in [4.69, 9.17) is 0 Å². The van der Waals surface area contributed by atoms with Crippen molar-refractivity contribution in [3.63, 3.8) is 0 Å². The Balaban J connectivity index is 3.65. The van der Waals surface area contributed by atoms with Crippen LogP contribution in [0.1, 0.15) is 27.7 Å². The van der Waals surface area contributed by atoms with Crippen molar-refractivity contribution in [1.29, 1.82) is 0 Å². The molecule has 0 unspecified atom stereocenters. The van der Waals surface area contributed by atoms with Crippen LogP contribution in [0, 0.1) is 0 Å². The molecule has 8 heavy (non-hydrogen) atoms. The van der Waals surface area contributed by atoms with E-state index in [1.54, 1.807) is 0 Å². The van der Waals surface area contributed by atoms with E-state index < -0.39 is 0 Å². The number of rotatable bonds is 2. The van der Waals surface area contributed by atoms with Crippen LogP contribution >= 0.6 is 5.15 Å². The van der Waals surface area contributed by atoms with Crippen LogP contribution in [0.25, 0.3) is 0 Å². The quantitative estimate of drug-likeness (QED) is 0.516. The van der Waals surface area contributed by atoms with Gasteiger partial charge in [0.05, 0.1) is 0 Å². The monoisotopic (exact) mass is 248 g/mol. The third-order valence-electron chi connectivity index (χ3n) is 1.14. The molecule has 0 heterocycles. The van der Waals surface area contributed by atoms with E-state index >= 15 is 0 Å². The Morgan fingerprint density at radius 3 is 1.25 bits per heavy atom. The van der Waals surface area contributed by atoms with Gasteiger partial charge in [0, 0.05) is 0 Å². The van der Waals surface area contributed by atoms with Crippen molar-refractivity contribution in [1.82, 2.24) is 0 Å². The first-order valence-electron chi connectivity index (χ1n) is 3.09. The summed E-state index contributed by atoms with van der Waals surface area (Å²) in [6.07, 6.45) is 0. The summed E-state index contributed by atoms with van der Waals surface area (Å²) in [5.41, 5.74) is 1.90. The van der Waals surface area contributed by atoms with Crippen molar-refractivity contribution in [2.24, 2.45) is 0 Å². The maximum atomic E-state index is 2.35. The van der Waals surface area contributed by atoms with Crippen molar-refractivity contribution in [2.75, 3.05) is 0 Å². The molecule has 0 nitrogen and oxygen atoms in total. The summed E-state index contributed by atoms with van der Waals surface area (Å²) in [5, 5.41) is -0.0137. The van der Waals surface area contributed by atoms with Crippen LogP contribution in [-0.2, 0) is 0 Å². The fourth-order valence-corrected chi connectivity index (χ4v) is 2.00.